The topological polar surface area (TPSA) is 23.8 Å². The molecule has 0 unspecified atom stereocenters. The summed E-state index contributed by atoms with van der Waals surface area (Å²) in [5, 5.41) is 8.96. The standard InChI is InChI=1S/C13H6BrF2NS/c14-9-2-1-8(7-17)12(5-9)18-13-6-10(15)3-4-11(13)16/h1-6H. The van der Waals surface area contributed by atoms with Crippen LogP contribution in [0.15, 0.2) is 50.7 Å². The highest BCUT2D eigenvalue weighted by Gasteiger charge is 2.09. The molecule has 0 amide bonds. The molecule has 1 nitrogen and oxygen atoms in total. The number of hydrogen-bond donors (Lipinski definition) is 0. The van der Waals surface area contributed by atoms with E-state index in [1.807, 2.05) is 6.07 Å². The molecule has 0 fully saturated rings. The van der Waals surface area contributed by atoms with Crippen LogP contribution < -0.4 is 0 Å². The van der Waals surface area contributed by atoms with Gasteiger partial charge in [-0.15, -0.1) is 0 Å². The first-order chi connectivity index (χ1) is 8.60. The predicted molar refractivity (Wildman–Crippen MR) is 69.3 cm³/mol. The third kappa shape index (κ3) is 2.89. The highest BCUT2D eigenvalue weighted by molar-refractivity contribution is 9.10. The van der Waals surface area contributed by atoms with E-state index < -0.39 is 11.6 Å². The minimum absolute atomic E-state index is 0.157. The number of hydrogen-bond acceptors (Lipinski definition) is 2. The minimum atomic E-state index is -0.509. The summed E-state index contributed by atoms with van der Waals surface area (Å²) in [5.74, 6) is -1.02. The van der Waals surface area contributed by atoms with E-state index in [2.05, 4.69) is 15.9 Å². The van der Waals surface area contributed by atoms with Crippen molar-refractivity contribution in [3.8, 4) is 6.07 Å². The lowest BCUT2D eigenvalue weighted by Gasteiger charge is -2.05. The van der Waals surface area contributed by atoms with Crippen molar-refractivity contribution in [1.82, 2.24) is 0 Å². The molecule has 0 aliphatic carbocycles. The Morgan fingerprint density at radius 1 is 1.06 bits per heavy atom. The van der Waals surface area contributed by atoms with E-state index in [1.54, 1.807) is 18.2 Å². The molecule has 0 saturated heterocycles. The molecule has 90 valence electrons. The summed E-state index contributed by atoms with van der Waals surface area (Å²) in [7, 11) is 0. The Balaban J connectivity index is 2.43. The minimum Gasteiger partial charge on any atom is -0.207 e. The summed E-state index contributed by atoms with van der Waals surface area (Å²) in [4.78, 5) is 0.737. The average Bonchev–Trinajstić information content (AvgIpc) is 2.34. The molecule has 5 heteroatoms. The van der Waals surface area contributed by atoms with Crippen molar-refractivity contribution in [1.29, 1.82) is 5.26 Å². The highest BCUT2D eigenvalue weighted by atomic mass is 79.9. The molecule has 2 rings (SSSR count). The molecule has 2 aromatic carbocycles. The van der Waals surface area contributed by atoms with Crippen LogP contribution in [0.5, 0.6) is 0 Å². The lowest BCUT2D eigenvalue weighted by molar-refractivity contribution is 0.577. The van der Waals surface area contributed by atoms with Crippen molar-refractivity contribution in [2.75, 3.05) is 0 Å². The zero-order valence-corrected chi connectivity index (χ0v) is 11.4. The van der Waals surface area contributed by atoms with E-state index in [9.17, 15) is 8.78 Å². The van der Waals surface area contributed by atoms with Gasteiger partial charge in [-0.05, 0) is 36.4 Å². The summed E-state index contributed by atoms with van der Waals surface area (Å²) in [6.07, 6.45) is 0. The molecule has 0 aromatic heterocycles. The molecular weight excluding hydrogens is 320 g/mol. The largest absolute Gasteiger partial charge is 0.207 e. The maximum Gasteiger partial charge on any atom is 0.137 e. The van der Waals surface area contributed by atoms with Gasteiger partial charge in [0.05, 0.1) is 10.5 Å². The van der Waals surface area contributed by atoms with Crippen LogP contribution in [-0.4, -0.2) is 0 Å². The number of halogens is 3. The SMILES string of the molecule is N#Cc1ccc(Br)cc1Sc1cc(F)ccc1F. The second-order valence-corrected chi connectivity index (χ2v) is 5.43. The first kappa shape index (κ1) is 13.1. The molecule has 0 heterocycles. The van der Waals surface area contributed by atoms with Gasteiger partial charge in [0.25, 0.3) is 0 Å². The van der Waals surface area contributed by atoms with E-state index in [0.29, 0.717) is 10.5 Å². The Hall–Kier alpha value is -1.38. The lowest BCUT2D eigenvalue weighted by atomic mass is 10.2. The maximum absolute atomic E-state index is 13.5. The normalized spacial score (nSPS) is 10.1. The summed E-state index contributed by atoms with van der Waals surface area (Å²) in [5.41, 5.74) is 0.423. The average molecular weight is 326 g/mol. The molecular formula is C13H6BrF2NS. The zero-order chi connectivity index (χ0) is 13.1. The Morgan fingerprint density at radius 3 is 2.56 bits per heavy atom. The maximum atomic E-state index is 13.5. The van der Waals surface area contributed by atoms with Gasteiger partial charge in [0.15, 0.2) is 0 Å². The molecule has 2 aromatic rings. The van der Waals surface area contributed by atoms with Crippen LogP contribution in [0.4, 0.5) is 8.78 Å². The van der Waals surface area contributed by atoms with Crippen molar-refractivity contribution in [2.24, 2.45) is 0 Å². The molecule has 0 bridgehead atoms. The van der Waals surface area contributed by atoms with Gasteiger partial charge in [-0.2, -0.15) is 5.26 Å². The van der Waals surface area contributed by atoms with E-state index in [4.69, 9.17) is 5.26 Å². The van der Waals surface area contributed by atoms with Crippen LogP contribution in [0.3, 0.4) is 0 Å². The third-order valence-corrected chi connectivity index (χ3v) is 3.76. The van der Waals surface area contributed by atoms with Gasteiger partial charge in [0.2, 0.25) is 0 Å². The van der Waals surface area contributed by atoms with E-state index in [0.717, 1.165) is 34.4 Å². The Kier molecular flexibility index (Phi) is 4.00. The van der Waals surface area contributed by atoms with Crippen molar-refractivity contribution in [3.63, 3.8) is 0 Å². The smallest absolute Gasteiger partial charge is 0.137 e. The van der Waals surface area contributed by atoms with Gasteiger partial charge in [-0.1, -0.05) is 27.7 Å². The van der Waals surface area contributed by atoms with E-state index in [1.165, 1.54) is 0 Å². The van der Waals surface area contributed by atoms with E-state index >= 15 is 0 Å². The fourth-order valence-corrected chi connectivity index (χ4v) is 2.84. The van der Waals surface area contributed by atoms with Crippen LogP contribution >= 0.6 is 27.7 Å². The van der Waals surface area contributed by atoms with Crippen LogP contribution in [0.2, 0.25) is 0 Å². The molecule has 18 heavy (non-hydrogen) atoms. The van der Waals surface area contributed by atoms with Gasteiger partial charge in [-0.25, -0.2) is 8.78 Å². The van der Waals surface area contributed by atoms with Gasteiger partial charge >= 0.3 is 0 Å². The van der Waals surface area contributed by atoms with Crippen molar-refractivity contribution in [2.45, 2.75) is 9.79 Å². The van der Waals surface area contributed by atoms with Crippen LogP contribution in [-0.2, 0) is 0 Å². The predicted octanol–water partition coefficient (Wildman–Crippen LogP) is 4.75. The number of nitrogens with zero attached hydrogens (tertiary/aromatic N) is 1. The second-order valence-electron chi connectivity index (χ2n) is 3.43. The van der Waals surface area contributed by atoms with Gasteiger partial charge < -0.3 is 0 Å². The Labute approximate surface area is 116 Å². The van der Waals surface area contributed by atoms with Crippen molar-refractivity contribution < 1.29 is 8.78 Å². The molecule has 0 aliphatic rings. The monoisotopic (exact) mass is 325 g/mol. The van der Waals surface area contributed by atoms with Gasteiger partial charge in [-0.3, -0.25) is 0 Å². The second kappa shape index (κ2) is 5.51. The zero-order valence-electron chi connectivity index (χ0n) is 8.95. The quantitative estimate of drug-likeness (QED) is 0.795. The lowest BCUT2D eigenvalue weighted by Crippen LogP contribution is -1.86. The fourth-order valence-electron chi connectivity index (χ4n) is 1.35. The van der Waals surface area contributed by atoms with E-state index in [-0.39, 0.29) is 4.90 Å². The molecule has 0 radical (unpaired) electrons. The van der Waals surface area contributed by atoms with Crippen LogP contribution in [0.25, 0.3) is 0 Å². The summed E-state index contributed by atoms with van der Waals surface area (Å²) in [6, 6.07) is 10.3. The molecule has 0 atom stereocenters. The molecule has 0 N–H and O–H groups in total. The molecule has 0 spiro atoms. The summed E-state index contributed by atoms with van der Waals surface area (Å²) >= 11 is 4.31. The number of rotatable bonds is 2. The first-order valence-corrected chi connectivity index (χ1v) is 6.53. The fraction of sp³-hybridized carbons (Fsp3) is 0. The summed E-state index contributed by atoms with van der Waals surface area (Å²) < 4.78 is 27.3. The van der Waals surface area contributed by atoms with Crippen molar-refractivity contribution in [3.05, 3.63) is 58.1 Å². The Bertz CT molecular complexity index is 637. The number of benzene rings is 2. The summed E-state index contributed by atoms with van der Waals surface area (Å²) in [6.45, 7) is 0. The molecule has 0 aliphatic heterocycles. The highest BCUT2D eigenvalue weighted by Crippen LogP contribution is 2.34. The number of nitriles is 1. The van der Waals surface area contributed by atoms with Crippen LogP contribution in [0.1, 0.15) is 5.56 Å². The van der Waals surface area contributed by atoms with Crippen LogP contribution in [0, 0.1) is 23.0 Å². The van der Waals surface area contributed by atoms with Gasteiger partial charge in [0, 0.05) is 9.37 Å². The molecule has 0 saturated carbocycles. The van der Waals surface area contributed by atoms with Gasteiger partial charge in [0.1, 0.15) is 17.7 Å². The third-order valence-electron chi connectivity index (χ3n) is 2.18. The van der Waals surface area contributed by atoms with Crippen molar-refractivity contribution >= 4 is 27.7 Å². The Morgan fingerprint density at radius 2 is 1.83 bits per heavy atom. The first-order valence-electron chi connectivity index (χ1n) is 4.92.